The summed E-state index contributed by atoms with van der Waals surface area (Å²) in [5.74, 6) is -1.27. The molecule has 4 heteroatoms. The molecule has 4 nitrogen and oxygen atoms in total. The van der Waals surface area contributed by atoms with Crippen LogP contribution >= 0.6 is 0 Å². The van der Waals surface area contributed by atoms with Gasteiger partial charge in [-0.3, -0.25) is 9.59 Å². The summed E-state index contributed by atoms with van der Waals surface area (Å²) in [6.07, 6.45) is 1.25. The third-order valence-corrected chi connectivity index (χ3v) is 2.56. The van der Waals surface area contributed by atoms with Crippen LogP contribution in [0.2, 0.25) is 0 Å². The van der Waals surface area contributed by atoms with E-state index in [9.17, 15) is 9.59 Å². The van der Waals surface area contributed by atoms with E-state index in [4.69, 9.17) is 5.11 Å². The van der Waals surface area contributed by atoms with E-state index in [1.54, 1.807) is 31.2 Å². The molecule has 0 bridgehead atoms. The van der Waals surface area contributed by atoms with Crippen LogP contribution < -0.4 is 5.32 Å². The molecule has 2 N–H and O–H groups in total. The molecule has 0 aliphatic carbocycles. The third kappa shape index (κ3) is 4.68. The monoisotopic (exact) mass is 235 g/mol. The molecule has 0 saturated carbocycles. The number of carboxylic acid groups (broad SMARTS) is 1. The fourth-order valence-corrected chi connectivity index (χ4v) is 1.43. The first-order valence-electron chi connectivity index (χ1n) is 5.67. The standard InChI is InChI=1S/C13H17NO3/c1-10(13(16)17)6-5-9-14-12(15)11-7-3-2-4-8-11/h2-4,7-8,10H,5-6,9H2,1H3,(H,14,15)(H,16,17)/t10-/m0/s1. The van der Waals surface area contributed by atoms with Crippen molar-refractivity contribution in [2.45, 2.75) is 19.8 Å². The zero-order chi connectivity index (χ0) is 12.7. The number of aliphatic carboxylic acids is 1. The Morgan fingerprint density at radius 3 is 2.53 bits per heavy atom. The minimum absolute atomic E-state index is 0.117. The summed E-state index contributed by atoms with van der Waals surface area (Å²) in [5.41, 5.74) is 0.624. The van der Waals surface area contributed by atoms with Crippen LogP contribution in [0.3, 0.4) is 0 Å². The van der Waals surface area contributed by atoms with Crippen molar-refractivity contribution in [1.82, 2.24) is 5.32 Å². The van der Waals surface area contributed by atoms with Crippen molar-refractivity contribution in [2.24, 2.45) is 5.92 Å². The minimum Gasteiger partial charge on any atom is -0.481 e. The van der Waals surface area contributed by atoms with Gasteiger partial charge in [-0.05, 0) is 25.0 Å². The number of hydrogen-bond acceptors (Lipinski definition) is 2. The molecule has 0 radical (unpaired) electrons. The van der Waals surface area contributed by atoms with Gasteiger partial charge in [-0.15, -0.1) is 0 Å². The molecular weight excluding hydrogens is 218 g/mol. The lowest BCUT2D eigenvalue weighted by molar-refractivity contribution is -0.141. The maximum atomic E-state index is 11.6. The van der Waals surface area contributed by atoms with Gasteiger partial charge in [-0.25, -0.2) is 0 Å². The Kier molecular flexibility index (Phi) is 5.20. The van der Waals surface area contributed by atoms with E-state index >= 15 is 0 Å². The Morgan fingerprint density at radius 2 is 1.94 bits per heavy atom. The molecule has 1 rings (SSSR count). The molecule has 92 valence electrons. The predicted octanol–water partition coefficient (Wildman–Crippen LogP) is 1.92. The number of amides is 1. The van der Waals surface area contributed by atoms with E-state index in [0.717, 1.165) is 0 Å². The van der Waals surface area contributed by atoms with Crippen LogP contribution in [0, 0.1) is 5.92 Å². The maximum absolute atomic E-state index is 11.6. The lowest BCUT2D eigenvalue weighted by Crippen LogP contribution is -2.25. The van der Waals surface area contributed by atoms with Crippen LogP contribution in [-0.2, 0) is 4.79 Å². The highest BCUT2D eigenvalue weighted by Crippen LogP contribution is 2.04. The predicted molar refractivity (Wildman–Crippen MR) is 64.8 cm³/mol. The highest BCUT2D eigenvalue weighted by molar-refractivity contribution is 5.94. The molecule has 1 aromatic rings. The van der Waals surface area contributed by atoms with E-state index in [0.29, 0.717) is 24.9 Å². The normalized spacial score (nSPS) is 11.8. The Balaban J connectivity index is 2.24. The van der Waals surface area contributed by atoms with Crippen LogP contribution in [0.1, 0.15) is 30.1 Å². The molecule has 0 fully saturated rings. The first-order valence-corrected chi connectivity index (χ1v) is 5.67. The Morgan fingerprint density at radius 1 is 1.29 bits per heavy atom. The largest absolute Gasteiger partial charge is 0.481 e. The van der Waals surface area contributed by atoms with Crippen molar-refractivity contribution in [2.75, 3.05) is 6.54 Å². The van der Waals surface area contributed by atoms with Crippen molar-refractivity contribution in [1.29, 1.82) is 0 Å². The van der Waals surface area contributed by atoms with Gasteiger partial charge < -0.3 is 10.4 Å². The Bertz CT molecular complexity index is 376. The minimum atomic E-state index is -0.792. The van der Waals surface area contributed by atoms with Crippen LogP contribution in [0.5, 0.6) is 0 Å². The topological polar surface area (TPSA) is 66.4 Å². The number of nitrogens with one attached hydrogen (secondary N) is 1. The molecule has 0 aliphatic rings. The second kappa shape index (κ2) is 6.68. The summed E-state index contributed by atoms with van der Waals surface area (Å²) in [6, 6.07) is 8.96. The lowest BCUT2D eigenvalue weighted by Gasteiger charge is -2.07. The molecule has 1 amide bonds. The van der Waals surface area contributed by atoms with Gasteiger partial charge in [0, 0.05) is 12.1 Å². The summed E-state index contributed by atoms with van der Waals surface area (Å²) in [7, 11) is 0. The highest BCUT2D eigenvalue weighted by atomic mass is 16.4. The lowest BCUT2D eigenvalue weighted by atomic mass is 10.1. The van der Waals surface area contributed by atoms with Gasteiger partial charge in [-0.1, -0.05) is 25.1 Å². The van der Waals surface area contributed by atoms with Crippen LogP contribution in [0.25, 0.3) is 0 Å². The molecule has 0 heterocycles. The Hall–Kier alpha value is -1.84. The second-order valence-electron chi connectivity index (χ2n) is 4.00. The van der Waals surface area contributed by atoms with Crippen LogP contribution in [0.15, 0.2) is 30.3 Å². The highest BCUT2D eigenvalue weighted by Gasteiger charge is 2.10. The fourth-order valence-electron chi connectivity index (χ4n) is 1.43. The molecular formula is C13H17NO3. The number of carbonyl (C=O) groups is 2. The van der Waals surface area contributed by atoms with Gasteiger partial charge in [0.2, 0.25) is 0 Å². The maximum Gasteiger partial charge on any atom is 0.306 e. The van der Waals surface area contributed by atoms with Crippen molar-refractivity contribution in [3.63, 3.8) is 0 Å². The van der Waals surface area contributed by atoms with E-state index in [-0.39, 0.29) is 11.8 Å². The van der Waals surface area contributed by atoms with E-state index in [1.165, 1.54) is 0 Å². The molecule has 1 aromatic carbocycles. The zero-order valence-electron chi connectivity index (χ0n) is 9.85. The summed E-state index contributed by atoms with van der Waals surface area (Å²) >= 11 is 0. The average molecular weight is 235 g/mol. The molecule has 0 spiro atoms. The van der Waals surface area contributed by atoms with Gasteiger partial charge in [0.25, 0.3) is 5.91 Å². The second-order valence-corrected chi connectivity index (χ2v) is 4.00. The number of benzene rings is 1. The molecule has 1 atom stereocenters. The van der Waals surface area contributed by atoms with E-state index in [2.05, 4.69) is 5.32 Å². The van der Waals surface area contributed by atoms with Gasteiger partial charge in [0.05, 0.1) is 5.92 Å². The number of carbonyl (C=O) groups excluding carboxylic acids is 1. The Labute approximate surface area is 101 Å². The van der Waals surface area contributed by atoms with Gasteiger partial charge in [0.1, 0.15) is 0 Å². The third-order valence-electron chi connectivity index (χ3n) is 2.56. The first kappa shape index (κ1) is 13.2. The van der Waals surface area contributed by atoms with Gasteiger partial charge >= 0.3 is 5.97 Å². The molecule has 0 unspecified atom stereocenters. The van der Waals surface area contributed by atoms with Crippen molar-refractivity contribution < 1.29 is 14.7 Å². The molecule has 0 aliphatic heterocycles. The zero-order valence-corrected chi connectivity index (χ0v) is 9.85. The van der Waals surface area contributed by atoms with Crippen LogP contribution in [0.4, 0.5) is 0 Å². The van der Waals surface area contributed by atoms with Crippen molar-refractivity contribution in [3.05, 3.63) is 35.9 Å². The summed E-state index contributed by atoms with van der Waals surface area (Å²) < 4.78 is 0. The van der Waals surface area contributed by atoms with E-state index < -0.39 is 5.97 Å². The number of rotatable bonds is 6. The van der Waals surface area contributed by atoms with Crippen LogP contribution in [-0.4, -0.2) is 23.5 Å². The summed E-state index contributed by atoms with van der Waals surface area (Å²) in [4.78, 5) is 22.2. The fraction of sp³-hybridized carbons (Fsp3) is 0.385. The number of hydrogen-bond donors (Lipinski definition) is 2. The summed E-state index contributed by atoms with van der Waals surface area (Å²) in [6.45, 7) is 2.17. The van der Waals surface area contributed by atoms with Crippen molar-refractivity contribution in [3.8, 4) is 0 Å². The van der Waals surface area contributed by atoms with E-state index in [1.807, 2.05) is 6.07 Å². The quantitative estimate of drug-likeness (QED) is 0.740. The number of carboxylic acids is 1. The molecule has 0 aromatic heterocycles. The smallest absolute Gasteiger partial charge is 0.306 e. The first-order chi connectivity index (χ1) is 8.11. The average Bonchev–Trinajstić information content (AvgIpc) is 2.35. The molecule has 0 saturated heterocycles. The van der Waals surface area contributed by atoms with Gasteiger partial charge in [0.15, 0.2) is 0 Å². The summed E-state index contributed by atoms with van der Waals surface area (Å²) in [5, 5.41) is 11.4. The molecule has 17 heavy (non-hydrogen) atoms. The van der Waals surface area contributed by atoms with Crippen molar-refractivity contribution >= 4 is 11.9 Å². The SMILES string of the molecule is C[C@@H](CCCNC(=O)c1ccccc1)C(=O)O. The van der Waals surface area contributed by atoms with Gasteiger partial charge in [-0.2, -0.15) is 0 Å².